The Morgan fingerprint density at radius 2 is 1.80 bits per heavy atom. The molecule has 1 saturated heterocycles. The number of hydrogen-bond acceptors (Lipinski definition) is 4. The molecule has 1 aromatic carbocycles. The molecule has 25 heavy (non-hydrogen) atoms. The summed E-state index contributed by atoms with van der Waals surface area (Å²) >= 11 is 0. The smallest absolute Gasteiger partial charge is 0.243 e. The molecule has 2 aliphatic rings. The SMILES string of the molecule is O=S(=O)(NCC1(N2CCOCC2)CCCCC1)c1ccc(F)cc1F. The molecular formula is C17H24F2N2O3S. The summed E-state index contributed by atoms with van der Waals surface area (Å²) in [4.78, 5) is 1.79. The first-order valence-electron chi connectivity index (χ1n) is 8.71. The molecule has 0 spiro atoms. The van der Waals surface area contributed by atoms with E-state index < -0.39 is 26.6 Å². The van der Waals surface area contributed by atoms with Crippen LogP contribution in [0.25, 0.3) is 0 Å². The van der Waals surface area contributed by atoms with E-state index in [0.717, 1.165) is 57.3 Å². The third kappa shape index (κ3) is 4.19. The number of benzene rings is 1. The van der Waals surface area contributed by atoms with Crippen molar-refractivity contribution in [3.63, 3.8) is 0 Å². The molecule has 1 heterocycles. The van der Waals surface area contributed by atoms with E-state index in [1.165, 1.54) is 0 Å². The third-order valence-electron chi connectivity index (χ3n) is 5.24. The lowest BCUT2D eigenvalue weighted by Gasteiger charge is -2.48. The maximum atomic E-state index is 13.9. The molecule has 8 heteroatoms. The van der Waals surface area contributed by atoms with Gasteiger partial charge < -0.3 is 4.74 Å². The van der Waals surface area contributed by atoms with Crippen LogP contribution in [-0.2, 0) is 14.8 Å². The van der Waals surface area contributed by atoms with E-state index in [0.29, 0.717) is 19.3 Å². The van der Waals surface area contributed by atoms with Gasteiger partial charge in [0.1, 0.15) is 16.5 Å². The Bertz CT molecular complexity index is 700. The van der Waals surface area contributed by atoms with E-state index in [2.05, 4.69) is 9.62 Å². The minimum atomic E-state index is -4.03. The number of rotatable bonds is 5. The third-order valence-corrected chi connectivity index (χ3v) is 6.68. The van der Waals surface area contributed by atoms with Gasteiger partial charge >= 0.3 is 0 Å². The van der Waals surface area contributed by atoms with Crippen molar-refractivity contribution in [3.8, 4) is 0 Å². The van der Waals surface area contributed by atoms with Gasteiger partial charge in [0.2, 0.25) is 10.0 Å². The highest BCUT2D eigenvalue weighted by molar-refractivity contribution is 7.89. The van der Waals surface area contributed by atoms with Crippen LogP contribution in [0.2, 0.25) is 0 Å². The molecule has 3 rings (SSSR count). The van der Waals surface area contributed by atoms with Gasteiger partial charge in [0, 0.05) is 31.2 Å². The van der Waals surface area contributed by atoms with Crippen LogP contribution in [0, 0.1) is 11.6 Å². The summed E-state index contributed by atoms with van der Waals surface area (Å²) < 4.78 is 59.9. The van der Waals surface area contributed by atoms with Crippen molar-refractivity contribution in [1.82, 2.24) is 9.62 Å². The minimum absolute atomic E-state index is 0.228. The van der Waals surface area contributed by atoms with Gasteiger partial charge in [-0.1, -0.05) is 19.3 Å². The highest BCUT2D eigenvalue weighted by Gasteiger charge is 2.39. The van der Waals surface area contributed by atoms with Gasteiger partial charge in [-0.2, -0.15) is 0 Å². The van der Waals surface area contributed by atoms with Crippen LogP contribution in [0.15, 0.2) is 23.1 Å². The van der Waals surface area contributed by atoms with E-state index >= 15 is 0 Å². The lowest BCUT2D eigenvalue weighted by molar-refractivity contribution is -0.0348. The molecule has 0 unspecified atom stereocenters. The summed E-state index contributed by atoms with van der Waals surface area (Å²) in [5.41, 5.74) is -0.258. The van der Waals surface area contributed by atoms with Crippen LogP contribution in [-0.4, -0.2) is 51.7 Å². The summed E-state index contributed by atoms with van der Waals surface area (Å²) in [5, 5.41) is 0. The molecule has 0 aromatic heterocycles. The second-order valence-electron chi connectivity index (χ2n) is 6.78. The number of nitrogens with one attached hydrogen (secondary N) is 1. The second kappa shape index (κ2) is 7.65. The van der Waals surface area contributed by atoms with Crippen LogP contribution in [0.4, 0.5) is 8.78 Å². The standard InChI is InChI=1S/C17H24F2N2O3S/c18-14-4-5-16(15(19)12-14)25(22,23)20-13-17(6-2-1-3-7-17)21-8-10-24-11-9-21/h4-5,12,20H,1-3,6-11,13H2. The van der Waals surface area contributed by atoms with Crippen molar-refractivity contribution in [2.75, 3.05) is 32.8 Å². The maximum Gasteiger partial charge on any atom is 0.243 e. The van der Waals surface area contributed by atoms with Crippen molar-refractivity contribution < 1.29 is 21.9 Å². The van der Waals surface area contributed by atoms with Crippen molar-refractivity contribution >= 4 is 10.0 Å². The summed E-state index contributed by atoms with van der Waals surface area (Å²) in [6.45, 7) is 3.05. The van der Waals surface area contributed by atoms with Gasteiger partial charge in [-0.15, -0.1) is 0 Å². The summed E-state index contributed by atoms with van der Waals surface area (Å²) in [6.07, 6.45) is 5.04. The molecule has 0 radical (unpaired) electrons. The highest BCUT2D eigenvalue weighted by Crippen LogP contribution is 2.34. The monoisotopic (exact) mass is 374 g/mol. The summed E-state index contributed by atoms with van der Waals surface area (Å²) in [6, 6.07) is 2.51. The van der Waals surface area contributed by atoms with E-state index in [4.69, 9.17) is 4.74 Å². The van der Waals surface area contributed by atoms with Crippen molar-refractivity contribution in [3.05, 3.63) is 29.8 Å². The minimum Gasteiger partial charge on any atom is -0.379 e. The Morgan fingerprint density at radius 1 is 1.12 bits per heavy atom. The van der Waals surface area contributed by atoms with Crippen molar-refractivity contribution in [1.29, 1.82) is 0 Å². The Morgan fingerprint density at radius 3 is 2.44 bits per heavy atom. The molecule has 0 atom stereocenters. The Kier molecular flexibility index (Phi) is 5.72. The Balaban J connectivity index is 1.78. The highest BCUT2D eigenvalue weighted by atomic mass is 32.2. The topological polar surface area (TPSA) is 58.6 Å². The van der Waals surface area contributed by atoms with Gasteiger partial charge in [-0.25, -0.2) is 21.9 Å². The number of nitrogens with zero attached hydrogens (tertiary/aromatic N) is 1. The molecule has 1 aliphatic heterocycles. The fourth-order valence-electron chi connectivity index (χ4n) is 3.85. The maximum absolute atomic E-state index is 13.9. The zero-order valence-electron chi connectivity index (χ0n) is 14.1. The largest absolute Gasteiger partial charge is 0.379 e. The van der Waals surface area contributed by atoms with E-state index in [-0.39, 0.29) is 12.1 Å². The zero-order chi connectivity index (χ0) is 17.9. The summed E-state index contributed by atoms with van der Waals surface area (Å²) in [5.74, 6) is -1.87. The fraction of sp³-hybridized carbons (Fsp3) is 0.647. The Hall–Kier alpha value is -1.09. The van der Waals surface area contributed by atoms with Gasteiger partial charge in [0.25, 0.3) is 0 Å². The molecule has 140 valence electrons. The number of morpholine rings is 1. The van der Waals surface area contributed by atoms with Crippen molar-refractivity contribution in [2.24, 2.45) is 0 Å². The zero-order valence-corrected chi connectivity index (χ0v) is 15.0. The van der Waals surface area contributed by atoms with Gasteiger partial charge in [0.15, 0.2) is 0 Å². The van der Waals surface area contributed by atoms with Crippen LogP contribution in [0.3, 0.4) is 0 Å². The predicted octanol–water partition coefficient (Wildman–Crippen LogP) is 2.28. The normalized spacial score (nSPS) is 22.0. The first kappa shape index (κ1) is 18.7. The van der Waals surface area contributed by atoms with E-state index in [1.54, 1.807) is 0 Å². The van der Waals surface area contributed by atoms with E-state index in [9.17, 15) is 17.2 Å². The predicted molar refractivity (Wildman–Crippen MR) is 89.8 cm³/mol. The van der Waals surface area contributed by atoms with Gasteiger partial charge in [0.05, 0.1) is 13.2 Å². The molecule has 1 aliphatic carbocycles. The molecule has 1 aromatic rings. The van der Waals surface area contributed by atoms with Gasteiger partial charge in [-0.3, -0.25) is 4.90 Å². The molecule has 1 N–H and O–H groups in total. The number of halogens is 2. The van der Waals surface area contributed by atoms with Crippen LogP contribution >= 0.6 is 0 Å². The van der Waals surface area contributed by atoms with Crippen molar-refractivity contribution in [2.45, 2.75) is 42.5 Å². The molecular weight excluding hydrogens is 350 g/mol. The van der Waals surface area contributed by atoms with E-state index in [1.807, 2.05) is 0 Å². The lowest BCUT2D eigenvalue weighted by Crippen LogP contribution is -2.59. The average Bonchev–Trinajstić information content (AvgIpc) is 2.61. The molecule has 0 bridgehead atoms. The fourth-order valence-corrected chi connectivity index (χ4v) is 5.03. The average molecular weight is 374 g/mol. The first-order chi connectivity index (χ1) is 11.9. The molecule has 1 saturated carbocycles. The summed E-state index contributed by atoms with van der Waals surface area (Å²) in [7, 11) is -4.03. The molecule has 0 amide bonds. The van der Waals surface area contributed by atoms with Crippen LogP contribution < -0.4 is 4.72 Å². The Labute approximate surface area is 147 Å². The van der Waals surface area contributed by atoms with Gasteiger partial charge in [-0.05, 0) is 25.0 Å². The second-order valence-corrected chi connectivity index (χ2v) is 8.52. The number of hydrogen-bond donors (Lipinski definition) is 1. The molecule has 2 fully saturated rings. The quantitative estimate of drug-likeness (QED) is 0.859. The first-order valence-corrected chi connectivity index (χ1v) is 10.2. The lowest BCUT2D eigenvalue weighted by atomic mass is 9.80. The molecule has 5 nitrogen and oxygen atoms in total. The van der Waals surface area contributed by atoms with Crippen LogP contribution in [0.1, 0.15) is 32.1 Å². The van der Waals surface area contributed by atoms with Crippen LogP contribution in [0.5, 0.6) is 0 Å². The number of ether oxygens (including phenoxy) is 1. The number of sulfonamides is 1.